The fourth-order valence-electron chi connectivity index (χ4n) is 3.72. The molecule has 146 valence electrons. The van der Waals surface area contributed by atoms with Gasteiger partial charge in [-0.1, -0.05) is 30.3 Å². The molecule has 2 aromatic rings. The van der Waals surface area contributed by atoms with E-state index in [9.17, 15) is 9.59 Å². The van der Waals surface area contributed by atoms with E-state index in [0.29, 0.717) is 13.1 Å². The Morgan fingerprint density at radius 2 is 1.93 bits per heavy atom. The zero-order valence-electron chi connectivity index (χ0n) is 16.0. The Morgan fingerprint density at radius 3 is 2.64 bits per heavy atom. The highest BCUT2D eigenvalue weighted by Crippen LogP contribution is 2.20. The third-order valence-electron chi connectivity index (χ3n) is 5.29. The maximum Gasteiger partial charge on any atom is 0.348 e. The lowest BCUT2D eigenvalue weighted by molar-refractivity contribution is -0.551. The average Bonchev–Trinajstić information content (AvgIpc) is 3.36. The van der Waals surface area contributed by atoms with Gasteiger partial charge in [0, 0.05) is 20.5 Å². The summed E-state index contributed by atoms with van der Waals surface area (Å²) in [5.74, 6) is 1.31. The van der Waals surface area contributed by atoms with Gasteiger partial charge in [-0.3, -0.25) is 25.2 Å². The molecule has 1 fully saturated rings. The molecule has 1 aromatic carbocycles. The fourth-order valence-corrected chi connectivity index (χ4v) is 3.72. The van der Waals surface area contributed by atoms with Crippen LogP contribution in [-0.2, 0) is 17.8 Å². The first-order valence-electron chi connectivity index (χ1n) is 9.31. The normalized spacial score (nSPS) is 21.8. The third-order valence-corrected chi connectivity index (χ3v) is 5.29. The van der Waals surface area contributed by atoms with Crippen molar-refractivity contribution in [2.24, 2.45) is 0 Å². The monoisotopic (exact) mass is 382 g/mol. The number of furan rings is 1. The van der Waals surface area contributed by atoms with E-state index >= 15 is 0 Å². The summed E-state index contributed by atoms with van der Waals surface area (Å²) in [6.45, 7) is 1.12. The summed E-state index contributed by atoms with van der Waals surface area (Å²) in [5, 5.41) is 6.65. The number of fused-ring (bicyclic) bond motifs is 1. The van der Waals surface area contributed by atoms with Crippen LogP contribution in [0, 0.1) is 0 Å². The topological polar surface area (TPSA) is 80.8 Å². The molecule has 0 bridgehead atoms. The van der Waals surface area contributed by atoms with E-state index in [1.54, 1.807) is 18.2 Å². The van der Waals surface area contributed by atoms with Crippen molar-refractivity contribution in [3.05, 3.63) is 60.1 Å². The smallest absolute Gasteiger partial charge is 0.348 e. The van der Waals surface area contributed by atoms with Gasteiger partial charge in [0.2, 0.25) is 6.04 Å². The van der Waals surface area contributed by atoms with Crippen LogP contribution in [0.3, 0.4) is 0 Å². The molecular formula is C20H24N5O3+. The predicted molar refractivity (Wildman–Crippen MR) is 102 cm³/mol. The van der Waals surface area contributed by atoms with Gasteiger partial charge in [-0.05, 0) is 17.7 Å². The summed E-state index contributed by atoms with van der Waals surface area (Å²) in [6.07, 6.45) is 2.00. The van der Waals surface area contributed by atoms with Gasteiger partial charge in [-0.15, -0.1) is 0 Å². The lowest BCUT2D eigenvalue weighted by Crippen LogP contribution is -2.65. The fraction of sp³-hybridized carbons (Fsp3) is 0.350. The summed E-state index contributed by atoms with van der Waals surface area (Å²) < 4.78 is 7.41. The van der Waals surface area contributed by atoms with E-state index < -0.39 is 12.2 Å². The molecule has 0 aliphatic carbocycles. The Balaban J connectivity index is 1.60. The zero-order chi connectivity index (χ0) is 19.7. The number of nitrogens with zero attached hydrogens (tertiary/aromatic N) is 3. The lowest BCUT2D eigenvalue weighted by Gasteiger charge is -2.36. The van der Waals surface area contributed by atoms with Crippen molar-refractivity contribution in [3.63, 3.8) is 0 Å². The van der Waals surface area contributed by atoms with Crippen molar-refractivity contribution in [2.75, 3.05) is 20.6 Å². The second-order valence-corrected chi connectivity index (χ2v) is 7.04. The number of amides is 3. The average molecular weight is 382 g/mol. The maximum atomic E-state index is 12.9. The van der Waals surface area contributed by atoms with Crippen LogP contribution in [0.25, 0.3) is 0 Å². The number of nitrogens with one attached hydrogen (secondary N) is 2. The Morgan fingerprint density at radius 1 is 1.14 bits per heavy atom. The molecule has 2 atom stereocenters. The molecule has 0 unspecified atom stereocenters. The molecule has 8 heteroatoms. The highest BCUT2D eigenvalue weighted by molar-refractivity contribution is 6.01. The van der Waals surface area contributed by atoms with Gasteiger partial charge in [0.25, 0.3) is 5.91 Å². The van der Waals surface area contributed by atoms with Crippen molar-refractivity contribution in [3.8, 4) is 0 Å². The summed E-state index contributed by atoms with van der Waals surface area (Å²) in [5.41, 5.74) is 1.19. The minimum Gasteiger partial charge on any atom is -0.466 e. The number of likely N-dealkylation sites (N-methyl/N-ethyl adjacent to an activating group) is 2. The Labute approximate surface area is 163 Å². The molecule has 0 radical (unpaired) electrons. The second kappa shape index (κ2) is 7.38. The molecule has 2 aliphatic rings. The zero-order valence-corrected chi connectivity index (χ0v) is 16.0. The molecule has 28 heavy (non-hydrogen) atoms. The molecule has 8 nitrogen and oxygen atoms in total. The number of urea groups is 1. The van der Waals surface area contributed by atoms with Crippen molar-refractivity contribution in [1.82, 2.24) is 20.4 Å². The van der Waals surface area contributed by atoms with Crippen LogP contribution in [-0.4, -0.2) is 65.1 Å². The van der Waals surface area contributed by atoms with Crippen molar-refractivity contribution >= 4 is 17.9 Å². The predicted octanol–water partition coefficient (Wildman–Crippen LogP) is 0.802. The number of rotatable bonds is 5. The van der Waals surface area contributed by atoms with Crippen LogP contribution in [0.15, 0.2) is 53.1 Å². The number of guanidine groups is 1. The van der Waals surface area contributed by atoms with Gasteiger partial charge in [0.15, 0.2) is 6.17 Å². The number of hydrogen-bond acceptors (Lipinski definition) is 5. The van der Waals surface area contributed by atoms with Crippen LogP contribution < -0.4 is 10.6 Å². The number of carbonyl (C=O) groups is 2. The highest BCUT2D eigenvalue weighted by atomic mass is 16.3. The quantitative estimate of drug-likeness (QED) is 0.748. The number of carbonyl (C=O) groups excluding carboxylic acids is 2. The van der Waals surface area contributed by atoms with Crippen LogP contribution in [0.5, 0.6) is 0 Å². The first-order valence-corrected chi connectivity index (χ1v) is 9.31. The van der Waals surface area contributed by atoms with E-state index in [1.807, 2.05) is 34.9 Å². The van der Waals surface area contributed by atoms with E-state index in [1.165, 1.54) is 17.5 Å². The van der Waals surface area contributed by atoms with Crippen LogP contribution in [0.1, 0.15) is 11.3 Å². The molecular weight excluding hydrogens is 358 g/mol. The Hall–Kier alpha value is -3.29. The lowest BCUT2D eigenvalue weighted by atomic mass is 10.1. The number of benzene rings is 1. The van der Waals surface area contributed by atoms with E-state index in [4.69, 9.17) is 4.42 Å². The van der Waals surface area contributed by atoms with Crippen LogP contribution >= 0.6 is 0 Å². The number of imide groups is 1. The molecule has 0 saturated carbocycles. The molecule has 3 amide bonds. The van der Waals surface area contributed by atoms with Crippen molar-refractivity contribution in [1.29, 1.82) is 0 Å². The standard InChI is InChI=1S/C20H23N5O3/c1-23-17-16(18(26)24(2)20(23)27)25(11-10-14-7-4-3-5-8-14)19(22-17)21-13-15-9-6-12-28-15/h3-9,12,16-17H,10-11,13H2,1-2H3,(H,21,22)/p+1/t16-,17-/m1/s1. The number of hydrogen-bond donors (Lipinski definition) is 2. The summed E-state index contributed by atoms with van der Waals surface area (Å²) in [6, 6.07) is 13.1. The van der Waals surface area contributed by atoms with Gasteiger partial charge in [-0.2, -0.15) is 0 Å². The third kappa shape index (κ3) is 3.21. The minimum atomic E-state index is -0.476. The maximum absolute atomic E-state index is 12.9. The molecule has 2 aliphatic heterocycles. The largest absolute Gasteiger partial charge is 0.466 e. The Kier molecular flexibility index (Phi) is 4.77. The minimum absolute atomic E-state index is 0.205. The van der Waals surface area contributed by atoms with Crippen molar-refractivity contribution < 1.29 is 18.6 Å². The summed E-state index contributed by atoms with van der Waals surface area (Å²) >= 11 is 0. The van der Waals surface area contributed by atoms with Crippen LogP contribution in [0.2, 0.25) is 0 Å². The van der Waals surface area contributed by atoms with E-state index in [0.717, 1.165) is 18.1 Å². The van der Waals surface area contributed by atoms with E-state index in [2.05, 4.69) is 22.8 Å². The van der Waals surface area contributed by atoms with E-state index in [-0.39, 0.29) is 11.9 Å². The highest BCUT2D eigenvalue weighted by Gasteiger charge is 2.53. The first kappa shape index (κ1) is 18.1. The van der Waals surface area contributed by atoms with Gasteiger partial charge in [0.05, 0.1) is 12.8 Å². The van der Waals surface area contributed by atoms with Crippen molar-refractivity contribution in [2.45, 2.75) is 25.2 Å². The molecule has 2 N–H and O–H groups in total. The molecule has 1 aromatic heterocycles. The van der Waals surface area contributed by atoms with Crippen LogP contribution in [0.4, 0.5) is 4.79 Å². The molecule has 1 saturated heterocycles. The SMILES string of the molecule is CN1C(=O)[C@H]2[C@H](NC(NCc3ccco3)=[N+]2CCc2ccccc2)N(C)C1=O. The summed E-state index contributed by atoms with van der Waals surface area (Å²) in [4.78, 5) is 28.0. The molecule has 3 heterocycles. The molecule has 0 spiro atoms. The second-order valence-electron chi connectivity index (χ2n) is 7.04. The van der Waals surface area contributed by atoms with Gasteiger partial charge >= 0.3 is 12.0 Å². The Bertz CT molecular complexity index is 894. The molecule has 4 rings (SSSR count). The van der Waals surface area contributed by atoms with Gasteiger partial charge < -0.3 is 4.42 Å². The summed E-state index contributed by atoms with van der Waals surface area (Å²) in [7, 11) is 3.24. The van der Waals surface area contributed by atoms with Gasteiger partial charge in [-0.25, -0.2) is 9.37 Å². The van der Waals surface area contributed by atoms with Gasteiger partial charge in [0.1, 0.15) is 12.3 Å². The first-order chi connectivity index (χ1) is 13.6.